The fraction of sp³-hybridized carbons (Fsp3) is 0.500. The Hall–Kier alpha value is -1.15. The molecule has 1 rings (SSSR count). The average molecular weight is 220 g/mol. The molecule has 0 N–H and O–H groups in total. The summed E-state index contributed by atoms with van der Waals surface area (Å²) in [5, 5.41) is 0. The molecule has 0 aromatic heterocycles. The van der Waals surface area contributed by atoms with Gasteiger partial charge in [0.1, 0.15) is 5.60 Å². The third kappa shape index (κ3) is 3.17. The maximum absolute atomic E-state index is 12.0. The van der Waals surface area contributed by atoms with Crippen LogP contribution in [0.3, 0.4) is 0 Å². The van der Waals surface area contributed by atoms with Gasteiger partial charge in [-0.3, -0.25) is 4.79 Å². The highest BCUT2D eigenvalue weighted by atomic mass is 16.5. The normalized spacial score (nSPS) is 11.6. The van der Waals surface area contributed by atoms with E-state index in [9.17, 15) is 4.79 Å². The summed E-state index contributed by atoms with van der Waals surface area (Å²) in [6.07, 6.45) is 0.434. The number of benzene rings is 1. The molecule has 0 spiro atoms. The van der Waals surface area contributed by atoms with Crippen molar-refractivity contribution < 1.29 is 9.53 Å². The molecule has 16 heavy (non-hydrogen) atoms. The van der Waals surface area contributed by atoms with Crippen molar-refractivity contribution in [2.75, 3.05) is 7.11 Å². The van der Waals surface area contributed by atoms with Gasteiger partial charge in [0.2, 0.25) is 0 Å². The molecule has 0 aliphatic carbocycles. The van der Waals surface area contributed by atoms with Crippen LogP contribution in [0.15, 0.2) is 18.2 Å². The maximum Gasteiger partial charge on any atom is 0.168 e. The van der Waals surface area contributed by atoms with Crippen LogP contribution in [0, 0.1) is 13.8 Å². The maximum atomic E-state index is 12.0. The largest absolute Gasteiger partial charge is 0.371 e. The van der Waals surface area contributed by atoms with E-state index in [1.54, 1.807) is 21.0 Å². The second kappa shape index (κ2) is 4.79. The van der Waals surface area contributed by atoms with E-state index in [2.05, 4.69) is 18.2 Å². The van der Waals surface area contributed by atoms with Gasteiger partial charge in [-0.25, -0.2) is 0 Å². The standard InChI is InChI=1S/C14H20O2/c1-10-6-11(2)8-12(7-10)9-13(15)14(3,4)16-5/h6-8H,9H2,1-5H3. The number of ether oxygens (including phenoxy) is 1. The number of carbonyl (C=O) groups excluding carboxylic acids is 1. The Morgan fingerprint density at radius 1 is 1.19 bits per heavy atom. The highest BCUT2D eigenvalue weighted by Crippen LogP contribution is 2.15. The number of ketones is 1. The molecule has 0 atom stereocenters. The van der Waals surface area contributed by atoms with Crippen LogP contribution in [0.2, 0.25) is 0 Å². The van der Waals surface area contributed by atoms with Crippen LogP contribution in [0.1, 0.15) is 30.5 Å². The highest BCUT2D eigenvalue weighted by Gasteiger charge is 2.26. The van der Waals surface area contributed by atoms with Crippen molar-refractivity contribution in [3.63, 3.8) is 0 Å². The van der Waals surface area contributed by atoms with E-state index in [-0.39, 0.29) is 5.78 Å². The predicted octanol–water partition coefficient (Wildman–Crippen LogP) is 2.84. The van der Waals surface area contributed by atoms with E-state index in [4.69, 9.17) is 4.74 Å². The lowest BCUT2D eigenvalue weighted by molar-refractivity contribution is -0.136. The monoisotopic (exact) mass is 220 g/mol. The number of hydrogen-bond acceptors (Lipinski definition) is 2. The molecular formula is C14H20O2. The minimum Gasteiger partial charge on any atom is -0.371 e. The second-order valence-corrected chi connectivity index (χ2v) is 4.81. The first kappa shape index (κ1) is 12.9. The Bertz CT molecular complexity index is 371. The van der Waals surface area contributed by atoms with Crippen molar-refractivity contribution in [2.45, 2.75) is 39.7 Å². The van der Waals surface area contributed by atoms with E-state index >= 15 is 0 Å². The first-order valence-corrected chi connectivity index (χ1v) is 5.51. The molecule has 1 aromatic carbocycles. The van der Waals surface area contributed by atoms with Gasteiger partial charge in [0.05, 0.1) is 0 Å². The fourth-order valence-electron chi connectivity index (χ4n) is 1.68. The van der Waals surface area contributed by atoms with Gasteiger partial charge >= 0.3 is 0 Å². The van der Waals surface area contributed by atoms with E-state index in [1.165, 1.54) is 11.1 Å². The molecule has 0 fully saturated rings. The molecule has 2 nitrogen and oxygen atoms in total. The molecule has 0 unspecified atom stereocenters. The number of carbonyl (C=O) groups is 1. The summed E-state index contributed by atoms with van der Waals surface area (Å²) in [5.41, 5.74) is 2.75. The van der Waals surface area contributed by atoms with Gasteiger partial charge in [-0.2, -0.15) is 0 Å². The molecule has 1 aromatic rings. The van der Waals surface area contributed by atoms with E-state index in [0.717, 1.165) is 5.56 Å². The summed E-state index contributed by atoms with van der Waals surface area (Å²) >= 11 is 0. The summed E-state index contributed by atoms with van der Waals surface area (Å²) in [7, 11) is 1.57. The van der Waals surface area contributed by atoms with Crippen LogP contribution >= 0.6 is 0 Å². The number of Topliss-reactive ketones (excluding diaryl/α,β-unsaturated/α-hetero) is 1. The molecule has 2 heteroatoms. The quantitative estimate of drug-likeness (QED) is 0.780. The minimum absolute atomic E-state index is 0.111. The van der Waals surface area contributed by atoms with Crippen LogP contribution < -0.4 is 0 Å². The van der Waals surface area contributed by atoms with Crippen LogP contribution in [0.25, 0.3) is 0 Å². The van der Waals surface area contributed by atoms with Crippen LogP contribution in [-0.2, 0) is 16.0 Å². The van der Waals surface area contributed by atoms with Crippen LogP contribution in [-0.4, -0.2) is 18.5 Å². The van der Waals surface area contributed by atoms with Gasteiger partial charge in [-0.15, -0.1) is 0 Å². The summed E-state index contributed by atoms with van der Waals surface area (Å²) in [4.78, 5) is 12.0. The lowest BCUT2D eigenvalue weighted by Crippen LogP contribution is -2.35. The number of aryl methyl sites for hydroxylation is 2. The second-order valence-electron chi connectivity index (χ2n) is 4.81. The van der Waals surface area contributed by atoms with Crippen LogP contribution in [0.5, 0.6) is 0 Å². The van der Waals surface area contributed by atoms with Gasteiger partial charge in [-0.1, -0.05) is 29.3 Å². The Kier molecular flexibility index (Phi) is 3.87. The molecular weight excluding hydrogens is 200 g/mol. The summed E-state index contributed by atoms with van der Waals surface area (Å²) < 4.78 is 5.18. The minimum atomic E-state index is -0.697. The lowest BCUT2D eigenvalue weighted by Gasteiger charge is -2.21. The van der Waals surface area contributed by atoms with Crippen molar-refractivity contribution in [1.29, 1.82) is 0 Å². The zero-order valence-corrected chi connectivity index (χ0v) is 10.8. The van der Waals surface area contributed by atoms with Gasteiger partial charge < -0.3 is 4.74 Å². The predicted molar refractivity (Wildman–Crippen MR) is 65.7 cm³/mol. The Morgan fingerprint density at radius 3 is 2.12 bits per heavy atom. The molecule has 88 valence electrons. The summed E-state index contributed by atoms with van der Waals surface area (Å²) in [6.45, 7) is 7.70. The van der Waals surface area contributed by atoms with Crippen LogP contribution in [0.4, 0.5) is 0 Å². The topological polar surface area (TPSA) is 26.3 Å². The Labute approximate surface area is 97.6 Å². The smallest absolute Gasteiger partial charge is 0.168 e. The Morgan fingerprint density at radius 2 is 1.69 bits per heavy atom. The van der Waals surface area contributed by atoms with Crippen molar-refractivity contribution in [2.24, 2.45) is 0 Å². The van der Waals surface area contributed by atoms with E-state index in [1.807, 2.05) is 13.8 Å². The van der Waals surface area contributed by atoms with Crippen molar-refractivity contribution in [1.82, 2.24) is 0 Å². The number of rotatable bonds is 4. The first-order chi connectivity index (χ1) is 7.35. The summed E-state index contributed by atoms with van der Waals surface area (Å²) in [6, 6.07) is 6.21. The molecule has 0 saturated heterocycles. The lowest BCUT2D eigenvalue weighted by atomic mass is 9.95. The Balaban J connectivity index is 2.85. The zero-order valence-electron chi connectivity index (χ0n) is 10.8. The van der Waals surface area contributed by atoms with Gasteiger partial charge in [0.25, 0.3) is 0 Å². The fourth-order valence-corrected chi connectivity index (χ4v) is 1.68. The molecule has 0 heterocycles. The SMILES string of the molecule is COC(C)(C)C(=O)Cc1cc(C)cc(C)c1. The molecule has 0 bridgehead atoms. The van der Waals surface area contributed by atoms with Gasteiger partial charge in [-0.05, 0) is 33.3 Å². The third-order valence-electron chi connectivity index (χ3n) is 2.83. The van der Waals surface area contributed by atoms with Gasteiger partial charge in [0.15, 0.2) is 5.78 Å². The number of methoxy groups -OCH3 is 1. The molecule has 0 aliphatic heterocycles. The van der Waals surface area contributed by atoms with Crippen molar-refractivity contribution >= 4 is 5.78 Å². The molecule has 0 amide bonds. The number of hydrogen-bond donors (Lipinski definition) is 0. The zero-order chi connectivity index (χ0) is 12.3. The molecule has 0 radical (unpaired) electrons. The molecule has 0 aliphatic rings. The summed E-state index contributed by atoms with van der Waals surface area (Å²) in [5.74, 6) is 0.111. The molecule has 0 saturated carbocycles. The van der Waals surface area contributed by atoms with Crippen molar-refractivity contribution in [3.8, 4) is 0 Å². The van der Waals surface area contributed by atoms with Gasteiger partial charge in [0, 0.05) is 13.5 Å². The first-order valence-electron chi connectivity index (χ1n) is 5.51. The average Bonchev–Trinajstić information content (AvgIpc) is 2.15. The third-order valence-corrected chi connectivity index (χ3v) is 2.83. The van der Waals surface area contributed by atoms with E-state index in [0.29, 0.717) is 6.42 Å². The van der Waals surface area contributed by atoms with Crippen molar-refractivity contribution in [3.05, 3.63) is 34.9 Å². The highest BCUT2D eigenvalue weighted by molar-refractivity contribution is 5.88. The van der Waals surface area contributed by atoms with E-state index < -0.39 is 5.60 Å².